The largest absolute Gasteiger partial charge is 0.351 e. The molecular formula is C16H21N3O. The molecule has 1 atom stereocenters. The van der Waals surface area contributed by atoms with Gasteiger partial charge < -0.3 is 11.1 Å². The van der Waals surface area contributed by atoms with Crippen molar-refractivity contribution in [3.63, 3.8) is 0 Å². The fourth-order valence-electron chi connectivity index (χ4n) is 2.18. The first-order chi connectivity index (χ1) is 9.72. The number of nitrogens with one attached hydrogen (secondary N) is 1. The summed E-state index contributed by atoms with van der Waals surface area (Å²) >= 11 is 0. The number of aromatic nitrogens is 1. The van der Waals surface area contributed by atoms with E-state index in [1.54, 1.807) is 6.20 Å². The van der Waals surface area contributed by atoms with Gasteiger partial charge in [0.05, 0.1) is 11.6 Å². The number of carbonyl (C=O) groups is 1. The van der Waals surface area contributed by atoms with Gasteiger partial charge in [-0.05, 0) is 18.1 Å². The highest BCUT2D eigenvalue weighted by atomic mass is 16.2. The number of nitrogens with zero attached hydrogens (tertiary/aromatic N) is 1. The average Bonchev–Trinajstić information content (AvgIpc) is 2.50. The summed E-state index contributed by atoms with van der Waals surface area (Å²) in [6, 6.07) is 9.47. The van der Waals surface area contributed by atoms with Crippen LogP contribution in [0.2, 0.25) is 0 Å². The lowest BCUT2D eigenvalue weighted by atomic mass is 10.1. The van der Waals surface area contributed by atoms with Crippen LogP contribution in [0.15, 0.2) is 36.5 Å². The van der Waals surface area contributed by atoms with Crippen molar-refractivity contribution in [2.45, 2.75) is 38.8 Å². The lowest BCUT2D eigenvalue weighted by Crippen LogP contribution is -2.40. The number of hydrogen-bond acceptors (Lipinski definition) is 3. The maximum Gasteiger partial charge on any atom is 0.237 e. The molecule has 1 amide bonds. The number of fused-ring (bicyclic) bond motifs is 1. The van der Waals surface area contributed by atoms with Crippen LogP contribution in [0.1, 0.15) is 31.7 Å². The molecule has 106 valence electrons. The second kappa shape index (κ2) is 7.01. The summed E-state index contributed by atoms with van der Waals surface area (Å²) in [4.78, 5) is 16.3. The van der Waals surface area contributed by atoms with E-state index >= 15 is 0 Å². The summed E-state index contributed by atoms with van der Waals surface area (Å²) in [5.41, 5.74) is 7.79. The zero-order chi connectivity index (χ0) is 14.4. The van der Waals surface area contributed by atoms with E-state index in [4.69, 9.17) is 5.73 Å². The van der Waals surface area contributed by atoms with Crippen LogP contribution in [0.3, 0.4) is 0 Å². The molecule has 3 N–H and O–H groups in total. The first kappa shape index (κ1) is 14.5. The van der Waals surface area contributed by atoms with E-state index < -0.39 is 6.04 Å². The SMILES string of the molecule is CCCC[C@H](N)C(=O)NCc1cccc2cccnc12. The molecular weight excluding hydrogens is 250 g/mol. The molecule has 0 saturated carbocycles. The molecule has 0 spiro atoms. The van der Waals surface area contributed by atoms with Crippen LogP contribution in [-0.2, 0) is 11.3 Å². The summed E-state index contributed by atoms with van der Waals surface area (Å²) in [6.45, 7) is 2.55. The zero-order valence-corrected chi connectivity index (χ0v) is 11.8. The molecule has 0 aliphatic carbocycles. The predicted molar refractivity (Wildman–Crippen MR) is 81.1 cm³/mol. The van der Waals surface area contributed by atoms with Crippen molar-refractivity contribution < 1.29 is 4.79 Å². The molecule has 2 aromatic rings. The van der Waals surface area contributed by atoms with Crippen molar-refractivity contribution in [2.75, 3.05) is 0 Å². The number of pyridine rings is 1. The highest BCUT2D eigenvalue weighted by molar-refractivity contribution is 5.84. The highest BCUT2D eigenvalue weighted by Gasteiger charge is 2.12. The number of carbonyl (C=O) groups excluding carboxylic acids is 1. The van der Waals surface area contributed by atoms with Crippen molar-refractivity contribution in [1.82, 2.24) is 10.3 Å². The van der Waals surface area contributed by atoms with Crippen LogP contribution in [0.5, 0.6) is 0 Å². The standard InChI is InChI=1S/C16H21N3O/c1-2-3-9-14(17)16(20)19-11-13-7-4-6-12-8-5-10-18-15(12)13/h4-8,10,14H,2-3,9,11,17H2,1H3,(H,19,20)/t14-/m0/s1. The Morgan fingerprint density at radius 3 is 2.95 bits per heavy atom. The van der Waals surface area contributed by atoms with Gasteiger partial charge in [0.2, 0.25) is 5.91 Å². The van der Waals surface area contributed by atoms with Crippen LogP contribution < -0.4 is 11.1 Å². The van der Waals surface area contributed by atoms with Crippen molar-refractivity contribution >= 4 is 16.8 Å². The fraction of sp³-hybridized carbons (Fsp3) is 0.375. The van der Waals surface area contributed by atoms with Gasteiger partial charge in [-0.1, -0.05) is 44.0 Å². The number of hydrogen-bond donors (Lipinski definition) is 2. The number of benzene rings is 1. The molecule has 2 rings (SSSR count). The van der Waals surface area contributed by atoms with Gasteiger partial charge in [0.25, 0.3) is 0 Å². The molecule has 0 saturated heterocycles. The molecule has 4 nitrogen and oxygen atoms in total. The second-order valence-corrected chi connectivity index (χ2v) is 4.96. The van der Waals surface area contributed by atoms with E-state index in [1.807, 2.05) is 30.3 Å². The summed E-state index contributed by atoms with van der Waals surface area (Å²) in [7, 11) is 0. The molecule has 0 aliphatic heterocycles. The Hall–Kier alpha value is -1.94. The van der Waals surface area contributed by atoms with Crippen LogP contribution >= 0.6 is 0 Å². The molecule has 20 heavy (non-hydrogen) atoms. The van der Waals surface area contributed by atoms with Crippen LogP contribution in [0.25, 0.3) is 10.9 Å². The molecule has 0 fully saturated rings. The van der Waals surface area contributed by atoms with Gasteiger partial charge in [-0.25, -0.2) is 0 Å². The van der Waals surface area contributed by atoms with E-state index in [1.165, 1.54) is 0 Å². The predicted octanol–water partition coefficient (Wildman–Crippen LogP) is 2.37. The number of unbranched alkanes of at least 4 members (excludes halogenated alkanes) is 1. The Morgan fingerprint density at radius 1 is 1.35 bits per heavy atom. The van der Waals surface area contributed by atoms with Crippen molar-refractivity contribution in [1.29, 1.82) is 0 Å². The summed E-state index contributed by atoms with van der Waals surface area (Å²) in [5.74, 6) is -0.0913. The van der Waals surface area contributed by atoms with Crippen molar-refractivity contribution in [3.8, 4) is 0 Å². The maximum atomic E-state index is 11.9. The first-order valence-corrected chi connectivity index (χ1v) is 7.08. The number of nitrogens with two attached hydrogens (primary N) is 1. The topological polar surface area (TPSA) is 68.0 Å². The van der Waals surface area contributed by atoms with Crippen LogP contribution in [-0.4, -0.2) is 16.9 Å². The molecule has 1 aromatic carbocycles. The second-order valence-electron chi connectivity index (χ2n) is 4.96. The molecule has 0 bridgehead atoms. The quantitative estimate of drug-likeness (QED) is 0.847. The van der Waals surface area contributed by atoms with Gasteiger partial charge in [0.15, 0.2) is 0 Å². The number of para-hydroxylation sites is 1. The minimum atomic E-state index is -0.419. The summed E-state index contributed by atoms with van der Waals surface area (Å²) in [6.07, 6.45) is 4.52. The third kappa shape index (κ3) is 3.54. The van der Waals surface area contributed by atoms with E-state index in [0.29, 0.717) is 6.54 Å². The van der Waals surface area contributed by atoms with Crippen LogP contribution in [0, 0.1) is 0 Å². The Bertz CT molecular complexity index is 577. The van der Waals surface area contributed by atoms with Gasteiger partial charge in [-0.3, -0.25) is 9.78 Å². The lowest BCUT2D eigenvalue weighted by molar-refractivity contribution is -0.122. The molecule has 0 radical (unpaired) electrons. The van der Waals surface area contributed by atoms with Gasteiger partial charge in [-0.15, -0.1) is 0 Å². The molecule has 1 aromatic heterocycles. The Kier molecular flexibility index (Phi) is 5.07. The number of amides is 1. The Morgan fingerprint density at radius 2 is 2.15 bits per heavy atom. The third-order valence-electron chi connectivity index (χ3n) is 3.37. The molecule has 1 heterocycles. The molecule has 4 heteroatoms. The first-order valence-electron chi connectivity index (χ1n) is 7.08. The third-order valence-corrected chi connectivity index (χ3v) is 3.37. The van der Waals surface area contributed by atoms with Crippen molar-refractivity contribution in [2.24, 2.45) is 5.73 Å². The number of rotatable bonds is 6. The monoisotopic (exact) mass is 271 g/mol. The zero-order valence-electron chi connectivity index (χ0n) is 11.8. The lowest BCUT2D eigenvalue weighted by Gasteiger charge is -2.12. The summed E-state index contributed by atoms with van der Waals surface area (Å²) < 4.78 is 0. The normalized spacial score (nSPS) is 12.3. The van der Waals surface area contributed by atoms with Gasteiger partial charge in [-0.2, -0.15) is 0 Å². The minimum absolute atomic E-state index is 0.0913. The molecule has 0 aliphatic rings. The van der Waals surface area contributed by atoms with Crippen molar-refractivity contribution in [3.05, 3.63) is 42.1 Å². The average molecular weight is 271 g/mol. The summed E-state index contributed by atoms with van der Waals surface area (Å²) in [5, 5.41) is 3.97. The fourth-order valence-corrected chi connectivity index (χ4v) is 2.18. The van der Waals surface area contributed by atoms with E-state index in [-0.39, 0.29) is 5.91 Å². The van der Waals surface area contributed by atoms with Gasteiger partial charge >= 0.3 is 0 Å². The molecule has 0 unspecified atom stereocenters. The highest BCUT2D eigenvalue weighted by Crippen LogP contribution is 2.15. The van der Waals surface area contributed by atoms with E-state index in [0.717, 1.165) is 35.7 Å². The van der Waals surface area contributed by atoms with E-state index in [9.17, 15) is 4.79 Å². The smallest absolute Gasteiger partial charge is 0.237 e. The Balaban J connectivity index is 2.01. The Labute approximate surface area is 119 Å². The van der Waals surface area contributed by atoms with Gasteiger partial charge in [0, 0.05) is 18.1 Å². The minimum Gasteiger partial charge on any atom is -0.351 e. The van der Waals surface area contributed by atoms with Gasteiger partial charge in [0.1, 0.15) is 0 Å². The van der Waals surface area contributed by atoms with E-state index in [2.05, 4.69) is 17.2 Å². The maximum absolute atomic E-state index is 11.9. The van der Waals surface area contributed by atoms with Crippen LogP contribution in [0.4, 0.5) is 0 Å².